The van der Waals surface area contributed by atoms with Gasteiger partial charge in [-0.05, 0) is 0 Å². The number of hydrogen-bond acceptors (Lipinski definition) is 9. The van der Waals surface area contributed by atoms with Gasteiger partial charge in [-0.25, -0.2) is 15.0 Å². The average molecular weight is 345 g/mol. The summed E-state index contributed by atoms with van der Waals surface area (Å²) in [5.41, 5.74) is 0. The highest BCUT2D eigenvalue weighted by molar-refractivity contribution is 7.16. The number of hydrogen-bond donors (Lipinski definition) is 2. The molecule has 1 saturated heterocycles. The van der Waals surface area contributed by atoms with E-state index in [4.69, 9.17) is 10.4 Å². The number of thiazole rings is 1. The zero-order chi connectivity index (χ0) is 16.9. The van der Waals surface area contributed by atoms with Gasteiger partial charge in [-0.15, -0.1) is 0 Å². The largest absolute Gasteiger partial charge is 0.480 e. The summed E-state index contributed by atoms with van der Waals surface area (Å²) in [5.74, 6) is 0.573. The molecule has 3 heterocycles. The van der Waals surface area contributed by atoms with Crippen molar-refractivity contribution in [2.24, 2.45) is 0 Å². The van der Waals surface area contributed by atoms with E-state index >= 15 is 0 Å². The lowest BCUT2D eigenvalue weighted by Gasteiger charge is -2.34. The Kier molecular flexibility index (Phi) is 4.83. The molecule has 24 heavy (non-hydrogen) atoms. The Morgan fingerprint density at radius 3 is 2.79 bits per heavy atom. The number of nitrogens with zero attached hydrogens (tertiary/aromatic N) is 6. The zero-order valence-corrected chi connectivity index (χ0v) is 13.5. The van der Waals surface area contributed by atoms with Crippen molar-refractivity contribution < 1.29 is 9.90 Å². The zero-order valence-electron chi connectivity index (χ0n) is 12.7. The van der Waals surface area contributed by atoms with E-state index in [1.807, 2.05) is 17.0 Å². The third kappa shape index (κ3) is 3.95. The smallest absolute Gasteiger partial charge is 0.317 e. The predicted octanol–water partition coefficient (Wildman–Crippen LogP) is 0.755. The number of aromatic nitrogens is 3. The average Bonchev–Trinajstić information content (AvgIpc) is 3.03. The minimum Gasteiger partial charge on any atom is -0.480 e. The standard InChI is InChI=1S/C14H15N7O2S/c15-6-10-7-16-14(24-10)19-11-5-12(18-9-17-11)21-3-1-20(2-4-21)8-13(22)23/h5,7,9H,1-4,8H2,(H,22,23)(H,16,17,18,19). The summed E-state index contributed by atoms with van der Waals surface area (Å²) in [5, 5.41) is 21.3. The van der Waals surface area contributed by atoms with Gasteiger partial charge in [0.25, 0.3) is 0 Å². The van der Waals surface area contributed by atoms with Gasteiger partial charge in [0.05, 0.1) is 12.7 Å². The molecule has 0 unspecified atom stereocenters. The molecule has 0 saturated carbocycles. The molecular weight excluding hydrogens is 330 g/mol. The topological polar surface area (TPSA) is 118 Å². The molecule has 124 valence electrons. The first kappa shape index (κ1) is 16.1. The summed E-state index contributed by atoms with van der Waals surface area (Å²) in [7, 11) is 0. The van der Waals surface area contributed by atoms with Gasteiger partial charge in [0.15, 0.2) is 5.13 Å². The van der Waals surface area contributed by atoms with Crippen molar-refractivity contribution in [3.63, 3.8) is 0 Å². The second-order valence-electron chi connectivity index (χ2n) is 5.18. The number of anilines is 3. The van der Waals surface area contributed by atoms with Gasteiger partial charge in [-0.3, -0.25) is 9.69 Å². The van der Waals surface area contributed by atoms with Crippen molar-refractivity contribution >= 4 is 34.1 Å². The van der Waals surface area contributed by atoms with Crippen LogP contribution in [0.25, 0.3) is 0 Å². The first-order valence-electron chi connectivity index (χ1n) is 7.28. The fraction of sp³-hybridized carbons (Fsp3) is 0.357. The molecule has 0 aliphatic carbocycles. The van der Waals surface area contributed by atoms with E-state index in [-0.39, 0.29) is 6.54 Å². The van der Waals surface area contributed by atoms with Crippen LogP contribution in [0.4, 0.5) is 16.8 Å². The van der Waals surface area contributed by atoms with E-state index in [1.54, 1.807) is 0 Å². The molecule has 0 spiro atoms. The van der Waals surface area contributed by atoms with Crippen LogP contribution in [0, 0.1) is 11.3 Å². The number of carbonyl (C=O) groups is 1. The number of aliphatic carboxylic acids is 1. The van der Waals surface area contributed by atoms with E-state index < -0.39 is 5.97 Å². The fourth-order valence-electron chi connectivity index (χ4n) is 2.41. The normalized spacial score (nSPS) is 15.0. The molecule has 2 N–H and O–H groups in total. The highest BCUT2D eigenvalue weighted by atomic mass is 32.1. The molecule has 0 aromatic carbocycles. The van der Waals surface area contributed by atoms with Gasteiger partial charge >= 0.3 is 5.97 Å². The third-order valence-electron chi connectivity index (χ3n) is 3.56. The lowest BCUT2D eigenvalue weighted by atomic mass is 10.3. The SMILES string of the molecule is N#Cc1cnc(Nc2cc(N3CCN(CC(=O)O)CC3)ncn2)s1. The van der Waals surface area contributed by atoms with Crippen LogP contribution in [0.5, 0.6) is 0 Å². The van der Waals surface area contributed by atoms with Gasteiger partial charge in [0, 0.05) is 32.2 Å². The molecule has 0 bridgehead atoms. The Morgan fingerprint density at radius 2 is 2.12 bits per heavy atom. The van der Waals surface area contributed by atoms with Crippen LogP contribution >= 0.6 is 11.3 Å². The number of carboxylic acids is 1. The Labute approximate surface area is 142 Å². The summed E-state index contributed by atoms with van der Waals surface area (Å²) in [6, 6.07) is 3.86. The number of carboxylic acid groups (broad SMARTS) is 1. The van der Waals surface area contributed by atoms with E-state index in [2.05, 4.69) is 25.2 Å². The Hall–Kier alpha value is -2.77. The van der Waals surface area contributed by atoms with Crippen molar-refractivity contribution in [3.8, 4) is 6.07 Å². The second kappa shape index (κ2) is 7.20. The van der Waals surface area contributed by atoms with Crippen LogP contribution in [0.15, 0.2) is 18.6 Å². The fourth-order valence-corrected chi connectivity index (χ4v) is 3.03. The lowest BCUT2D eigenvalue weighted by molar-refractivity contribution is -0.138. The summed E-state index contributed by atoms with van der Waals surface area (Å²) in [6.45, 7) is 2.84. The van der Waals surface area contributed by atoms with Crippen molar-refractivity contribution in [1.82, 2.24) is 19.9 Å². The van der Waals surface area contributed by atoms with E-state index in [1.165, 1.54) is 23.9 Å². The van der Waals surface area contributed by atoms with Gasteiger partial charge in [-0.2, -0.15) is 5.26 Å². The van der Waals surface area contributed by atoms with E-state index in [0.29, 0.717) is 42.0 Å². The van der Waals surface area contributed by atoms with Crippen LogP contribution in [0.1, 0.15) is 4.88 Å². The van der Waals surface area contributed by atoms with Gasteiger partial charge in [-0.1, -0.05) is 11.3 Å². The maximum atomic E-state index is 10.8. The summed E-state index contributed by atoms with van der Waals surface area (Å²) in [4.78, 5) is 27.8. The molecular formula is C14H15N7O2S. The van der Waals surface area contributed by atoms with Crippen LogP contribution in [-0.2, 0) is 4.79 Å². The predicted molar refractivity (Wildman–Crippen MR) is 88.4 cm³/mol. The Balaban J connectivity index is 1.63. The molecule has 0 amide bonds. The first-order chi connectivity index (χ1) is 11.6. The maximum absolute atomic E-state index is 10.8. The molecule has 2 aromatic heterocycles. The summed E-state index contributed by atoms with van der Waals surface area (Å²) < 4.78 is 0. The monoisotopic (exact) mass is 345 g/mol. The van der Waals surface area contributed by atoms with Crippen molar-refractivity contribution in [1.29, 1.82) is 5.26 Å². The Bertz CT molecular complexity index is 764. The molecule has 3 rings (SSSR count). The lowest BCUT2D eigenvalue weighted by Crippen LogP contribution is -2.48. The first-order valence-corrected chi connectivity index (χ1v) is 8.10. The van der Waals surface area contributed by atoms with Crippen molar-refractivity contribution in [3.05, 3.63) is 23.5 Å². The highest BCUT2D eigenvalue weighted by Gasteiger charge is 2.20. The number of rotatable bonds is 5. The van der Waals surface area contributed by atoms with Crippen LogP contribution < -0.4 is 10.2 Å². The third-order valence-corrected chi connectivity index (χ3v) is 4.38. The van der Waals surface area contributed by atoms with E-state index in [9.17, 15) is 4.79 Å². The summed E-state index contributed by atoms with van der Waals surface area (Å²) in [6.07, 6.45) is 2.98. The van der Waals surface area contributed by atoms with Crippen LogP contribution in [0.2, 0.25) is 0 Å². The number of piperazine rings is 1. The van der Waals surface area contributed by atoms with Crippen molar-refractivity contribution in [2.45, 2.75) is 0 Å². The van der Waals surface area contributed by atoms with Crippen LogP contribution in [0.3, 0.4) is 0 Å². The van der Waals surface area contributed by atoms with Crippen molar-refractivity contribution in [2.75, 3.05) is 42.9 Å². The van der Waals surface area contributed by atoms with Gasteiger partial charge < -0.3 is 15.3 Å². The Morgan fingerprint density at radius 1 is 1.33 bits per heavy atom. The molecule has 0 radical (unpaired) electrons. The molecule has 10 heteroatoms. The molecule has 9 nitrogen and oxygen atoms in total. The molecule has 2 aromatic rings. The number of nitrogens with one attached hydrogen (secondary N) is 1. The minimum atomic E-state index is -0.808. The van der Waals surface area contributed by atoms with Gasteiger partial charge in [0.2, 0.25) is 0 Å². The quantitative estimate of drug-likeness (QED) is 0.809. The second-order valence-corrected chi connectivity index (χ2v) is 6.22. The minimum absolute atomic E-state index is 0.0652. The maximum Gasteiger partial charge on any atom is 0.317 e. The van der Waals surface area contributed by atoms with Gasteiger partial charge in [0.1, 0.15) is 28.9 Å². The molecule has 0 atom stereocenters. The summed E-state index contributed by atoms with van der Waals surface area (Å²) >= 11 is 1.26. The molecule has 1 aliphatic rings. The van der Waals surface area contributed by atoms with Crippen LogP contribution in [-0.4, -0.2) is 63.7 Å². The number of nitriles is 1. The molecule has 1 aliphatic heterocycles. The highest BCUT2D eigenvalue weighted by Crippen LogP contribution is 2.23. The molecule has 1 fully saturated rings. The van der Waals surface area contributed by atoms with E-state index in [0.717, 1.165) is 5.82 Å².